The Morgan fingerprint density at radius 2 is 2.36 bits per heavy atom. The fraction of sp³-hybridized carbons (Fsp3) is 0. The van der Waals surface area contributed by atoms with Crippen LogP contribution in [0.4, 0.5) is 5.95 Å². The Labute approximate surface area is 83.5 Å². The lowest BCUT2D eigenvalue weighted by molar-refractivity contribution is 0.580. The van der Waals surface area contributed by atoms with Crippen molar-refractivity contribution in [2.75, 3.05) is 5.73 Å². The first-order valence-electron chi connectivity index (χ1n) is 3.77. The van der Waals surface area contributed by atoms with Gasteiger partial charge in [0.05, 0.1) is 6.26 Å². The summed E-state index contributed by atoms with van der Waals surface area (Å²) in [6.07, 6.45) is 1.46. The second kappa shape index (κ2) is 3.19. The molecule has 0 amide bonds. The second-order valence-corrected chi connectivity index (χ2v) is 2.97. The molecule has 0 aliphatic heterocycles. The molecule has 0 unspecified atom stereocenters. The van der Waals surface area contributed by atoms with Crippen molar-refractivity contribution in [1.29, 1.82) is 0 Å². The molecule has 2 aromatic heterocycles. The van der Waals surface area contributed by atoms with Gasteiger partial charge in [-0.1, -0.05) is 11.6 Å². The summed E-state index contributed by atoms with van der Waals surface area (Å²) in [4.78, 5) is 17.4. The van der Waals surface area contributed by atoms with Gasteiger partial charge in [-0.25, -0.2) is 4.98 Å². The van der Waals surface area contributed by atoms with E-state index < -0.39 is 5.56 Å². The molecule has 0 spiro atoms. The highest BCUT2D eigenvalue weighted by Crippen LogP contribution is 2.23. The van der Waals surface area contributed by atoms with Gasteiger partial charge in [-0.15, -0.1) is 0 Å². The van der Waals surface area contributed by atoms with Crippen molar-refractivity contribution in [2.24, 2.45) is 0 Å². The van der Waals surface area contributed by atoms with Crippen LogP contribution in [-0.2, 0) is 0 Å². The van der Waals surface area contributed by atoms with E-state index in [2.05, 4.69) is 9.97 Å². The highest BCUT2D eigenvalue weighted by molar-refractivity contribution is 6.32. The Hall–Kier alpha value is -1.75. The smallest absolute Gasteiger partial charge is 0.271 e. The number of hydrogen-bond acceptors (Lipinski definition) is 4. The molecule has 0 aliphatic carbocycles. The highest BCUT2D eigenvalue weighted by Gasteiger charge is 2.12. The number of nitrogens with one attached hydrogen (secondary N) is 1. The Morgan fingerprint density at radius 3 is 3.00 bits per heavy atom. The standard InChI is InChI=1S/C8H6ClN3O2/c9-5-6(4-2-1-3-14-4)11-8(10)12-7(5)13/h1-3H,(H3,10,11,12,13). The Balaban J connectivity index is 2.70. The number of halogens is 1. The van der Waals surface area contributed by atoms with E-state index in [1.807, 2.05) is 0 Å². The minimum atomic E-state index is -0.481. The molecule has 72 valence electrons. The summed E-state index contributed by atoms with van der Waals surface area (Å²) < 4.78 is 5.06. The molecule has 0 saturated carbocycles. The molecule has 2 rings (SSSR count). The molecule has 0 radical (unpaired) electrons. The zero-order valence-corrected chi connectivity index (χ0v) is 7.71. The quantitative estimate of drug-likeness (QED) is 0.744. The first-order chi connectivity index (χ1) is 6.68. The van der Waals surface area contributed by atoms with Gasteiger partial charge in [0.2, 0.25) is 5.95 Å². The first kappa shape index (κ1) is 8.83. The van der Waals surface area contributed by atoms with Gasteiger partial charge in [0.15, 0.2) is 5.76 Å². The maximum atomic E-state index is 11.2. The lowest BCUT2D eigenvalue weighted by Gasteiger charge is -1.99. The predicted molar refractivity (Wildman–Crippen MR) is 52.0 cm³/mol. The molecule has 6 heteroatoms. The van der Waals surface area contributed by atoms with Gasteiger partial charge in [-0.2, -0.15) is 0 Å². The number of H-pyrrole nitrogens is 1. The summed E-state index contributed by atoms with van der Waals surface area (Å²) in [7, 11) is 0. The van der Waals surface area contributed by atoms with Crippen molar-refractivity contribution in [3.05, 3.63) is 33.8 Å². The molecular formula is C8H6ClN3O2. The van der Waals surface area contributed by atoms with Gasteiger partial charge in [-0.3, -0.25) is 9.78 Å². The predicted octanol–water partition coefficient (Wildman–Crippen LogP) is 1.27. The number of aromatic amines is 1. The minimum absolute atomic E-state index is 0.00537. The van der Waals surface area contributed by atoms with E-state index in [1.165, 1.54) is 6.26 Å². The zero-order valence-electron chi connectivity index (χ0n) is 6.95. The SMILES string of the molecule is Nc1nc(-c2ccco2)c(Cl)c(=O)[nH]1. The summed E-state index contributed by atoms with van der Waals surface area (Å²) in [5.41, 5.74) is 5.13. The Morgan fingerprint density at radius 1 is 1.57 bits per heavy atom. The highest BCUT2D eigenvalue weighted by atomic mass is 35.5. The number of aromatic nitrogens is 2. The largest absolute Gasteiger partial charge is 0.463 e. The summed E-state index contributed by atoms with van der Waals surface area (Å²) >= 11 is 5.73. The second-order valence-electron chi connectivity index (χ2n) is 2.59. The summed E-state index contributed by atoms with van der Waals surface area (Å²) in [5, 5.41) is -0.0332. The van der Waals surface area contributed by atoms with Crippen LogP contribution in [-0.4, -0.2) is 9.97 Å². The molecule has 0 atom stereocenters. The number of nitrogens with two attached hydrogens (primary N) is 1. The summed E-state index contributed by atoms with van der Waals surface area (Å²) in [5.74, 6) is 0.415. The molecule has 2 aromatic rings. The van der Waals surface area contributed by atoms with Gasteiger partial charge >= 0.3 is 0 Å². The van der Waals surface area contributed by atoms with E-state index in [-0.39, 0.29) is 16.7 Å². The van der Waals surface area contributed by atoms with Gasteiger partial charge in [0, 0.05) is 0 Å². The van der Waals surface area contributed by atoms with Gasteiger partial charge < -0.3 is 10.2 Å². The number of anilines is 1. The van der Waals surface area contributed by atoms with Crippen molar-refractivity contribution in [1.82, 2.24) is 9.97 Å². The third-order valence-corrected chi connectivity index (χ3v) is 1.99. The zero-order chi connectivity index (χ0) is 10.1. The molecule has 3 N–H and O–H groups in total. The molecule has 0 aromatic carbocycles. The van der Waals surface area contributed by atoms with Crippen LogP contribution >= 0.6 is 11.6 Å². The van der Waals surface area contributed by atoms with Crippen LogP contribution in [0.5, 0.6) is 0 Å². The van der Waals surface area contributed by atoms with Crippen molar-refractivity contribution < 1.29 is 4.42 Å². The van der Waals surface area contributed by atoms with Crippen molar-refractivity contribution in [2.45, 2.75) is 0 Å². The lowest BCUT2D eigenvalue weighted by Crippen LogP contribution is -2.12. The third-order valence-electron chi connectivity index (χ3n) is 1.64. The topological polar surface area (TPSA) is 84.9 Å². The molecule has 0 aliphatic rings. The van der Waals surface area contributed by atoms with E-state index in [0.29, 0.717) is 5.76 Å². The van der Waals surface area contributed by atoms with E-state index in [0.717, 1.165) is 0 Å². The van der Waals surface area contributed by atoms with Crippen LogP contribution in [0.3, 0.4) is 0 Å². The van der Waals surface area contributed by atoms with Gasteiger partial charge in [-0.05, 0) is 12.1 Å². The third kappa shape index (κ3) is 1.38. The number of hydrogen-bond donors (Lipinski definition) is 2. The van der Waals surface area contributed by atoms with Crippen LogP contribution < -0.4 is 11.3 Å². The van der Waals surface area contributed by atoms with E-state index in [1.54, 1.807) is 12.1 Å². The minimum Gasteiger partial charge on any atom is -0.463 e. The van der Waals surface area contributed by atoms with Crippen LogP contribution in [0.1, 0.15) is 0 Å². The molecule has 5 nitrogen and oxygen atoms in total. The average Bonchev–Trinajstić information content (AvgIpc) is 2.63. The Bertz CT molecular complexity index is 504. The maximum Gasteiger partial charge on any atom is 0.271 e. The van der Waals surface area contributed by atoms with E-state index >= 15 is 0 Å². The van der Waals surface area contributed by atoms with Crippen molar-refractivity contribution in [3.63, 3.8) is 0 Å². The van der Waals surface area contributed by atoms with Crippen LogP contribution in [0.15, 0.2) is 27.6 Å². The number of furan rings is 1. The molecule has 0 bridgehead atoms. The molecule has 0 fully saturated rings. The van der Waals surface area contributed by atoms with E-state index in [9.17, 15) is 4.79 Å². The molecular weight excluding hydrogens is 206 g/mol. The molecule has 14 heavy (non-hydrogen) atoms. The van der Waals surface area contributed by atoms with Gasteiger partial charge in [0.25, 0.3) is 5.56 Å². The van der Waals surface area contributed by atoms with E-state index in [4.69, 9.17) is 21.8 Å². The first-order valence-corrected chi connectivity index (χ1v) is 4.15. The maximum absolute atomic E-state index is 11.2. The summed E-state index contributed by atoms with van der Waals surface area (Å²) in [6, 6.07) is 3.32. The Kier molecular flexibility index (Phi) is 2.01. The average molecular weight is 212 g/mol. The number of nitrogens with zero attached hydrogens (tertiary/aromatic N) is 1. The molecule has 2 heterocycles. The van der Waals surface area contributed by atoms with Crippen LogP contribution in [0, 0.1) is 0 Å². The fourth-order valence-electron chi connectivity index (χ4n) is 1.05. The van der Waals surface area contributed by atoms with Crippen LogP contribution in [0.2, 0.25) is 5.02 Å². The van der Waals surface area contributed by atoms with Crippen LogP contribution in [0.25, 0.3) is 11.5 Å². The number of rotatable bonds is 1. The lowest BCUT2D eigenvalue weighted by atomic mass is 10.3. The van der Waals surface area contributed by atoms with Crippen molar-refractivity contribution >= 4 is 17.5 Å². The van der Waals surface area contributed by atoms with Crippen molar-refractivity contribution in [3.8, 4) is 11.5 Å². The van der Waals surface area contributed by atoms with Gasteiger partial charge in [0.1, 0.15) is 10.7 Å². The summed E-state index contributed by atoms with van der Waals surface area (Å²) in [6.45, 7) is 0. The number of nitrogen functional groups attached to an aromatic ring is 1. The normalized spacial score (nSPS) is 10.4. The fourth-order valence-corrected chi connectivity index (χ4v) is 1.24. The monoisotopic (exact) mass is 211 g/mol. The molecule has 0 saturated heterocycles.